The Morgan fingerprint density at radius 2 is 1.68 bits per heavy atom. The van der Waals surface area contributed by atoms with Crippen molar-refractivity contribution in [2.45, 2.75) is 53.8 Å². The van der Waals surface area contributed by atoms with Gasteiger partial charge in [0.25, 0.3) is 0 Å². The van der Waals surface area contributed by atoms with E-state index in [1.54, 1.807) is 33.0 Å². The van der Waals surface area contributed by atoms with Gasteiger partial charge >= 0.3 is 6.18 Å². The standard InChI is InChI=1S/C22H20F3N3O.C2H6/c1-12-20-18(10-17(11-26-20)19-13(2)27-29-15(19)4)28(21(12)22(23,24)25)14(3)16-8-6-5-7-9-16;1-2/h5-11,14H,1-4H3;1-2H3. The van der Waals surface area contributed by atoms with Gasteiger partial charge in [0.2, 0.25) is 0 Å². The van der Waals surface area contributed by atoms with Crippen molar-refractivity contribution in [1.29, 1.82) is 0 Å². The summed E-state index contributed by atoms with van der Waals surface area (Å²) in [6.45, 7) is 10.8. The molecule has 1 atom stereocenters. The summed E-state index contributed by atoms with van der Waals surface area (Å²) in [4.78, 5) is 4.40. The van der Waals surface area contributed by atoms with Crippen molar-refractivity contribution in [3.05, 3.63) is 70.9 Å². The van der Waals surface area contributed by atoms with Gasteiger partial charge in [0, 0.05) is 22.9 Å². The zero-order valence-electron chi connectivity index (χ0n) is 18.5. The molecule has 4 nitrogen and oxygen atoms in total. The van der Waals surface area contributed by atoms with E-state index in [9.17, 15) is 13.2 Å². The summed E-state index contributed by atoms with van der Waals surface area (Å²) in [5.74, 6) is 0.602. The van der Waals surface area contributed by atoms with Gasteiger partial charge in [-0.3, -0.25) is 4.98 Å². The summed E-state index contributed by atoms with van der Waals surface area (Å²) < 4.78 is 48.7. The second-order valence-electron chi connectivity index (χ2n) is 7.22. The molecule has 0 N–H and O–H groups in total. The molecule has 0 radical (unpaired) electrons. The average molecular weight is 429 g/mol. The predicted octanol–water partition coefficient (Wildman–Crippen LogP) is 7.27. The highest BCUT2D eigenvalue weighted by Crippen LogP contribution is 2.41. The molecule has 4 rings (SSSR count). The fraction of sp³-hybridized carbons (Fsp3) is 0.333. The van der Waals surface area contributed by atoms with Gasteiger partial charge in [-0.15, -0.1) is 0 Å². The van der Waals surface area contributed by atoms with Crippen molar-refractivity contribution >= 4 is 11.0 Å². The highest BCUT2D eigenvalue weighted by atomic mass is 19.4. The number of halogens is 3. The highest BCUT2D eigenvalue weighted by Gasteiger charge is 2.39. The van der Waals surface area contributed by atoms with Crippen LogP contribution in [-0.4, -0.2) is 14.7 Å². The van der Waals surface area contributed by atoms with Gasteiger partial charge in [-0.1, -0.05) is 49.3 Å². The third-order valence-electron chi connectivity index (χ3n) is 5.34. The Morgan fingerprint density at radius 3 is 2.23 bits per heavy atom. The van der Waals surface area contributed by atoms with Crippen LogP contribution in [0, 0.1) is 20.8 Å². The van der Waals surface area contributed by atoms with Crippen LogP contribution in [-0.2, 0) is 6.18 Å². The minimum atomic E-state index is -4.50. The Labute approximate surface area is 179 Å². The smallest absolute Gasteiger partial charge is 0.361 e. The third kappa shape index (κ3) is 3.96. The summed E-state index contributed by atoms with van der Waals surface area (Å²) in [5, 5.41) is 3.95. The summed E-state index contributed by atoms with van der Waals surface area (Å²) in [6.07, 6.45) is -2.92. The van der Waals surface area contributed by atoms with Crippen LogP contribution in [0.15, 0.2) is 47.1 Å². The number of aryl methyl sites for hydroxylation is 3. The molecule has 31 heavy (non-hydrogen) atoms. The molecule has 0 aliphatic rings. The SMILES string of the molecule is CC.Cc1noc(C)c1-c1cnc2c(C)c(C(F)(F)F)n(C(C)c3ccccc3)c2c1. The van der Waals surface area contributed by atoms with Gasteiger partial charge < -0.3 is 9.09 Å². The van der Waals surface area contributed by atoms with Crippen LogP contribution < -0.4 is 0 Å². The first-order valence-electron chi connectivity index (χ1n) is 10.3. The summed E-state index contributed by atoms with van der Waals surface area (Å²) in [6, 6.07) is 10.4. The lowest BCUT2D eigenvalue weighted by atomic mass is 10.1. The van der Waals surface area contributed by atoms with Gasteiger partial charge in [-0.25, -0.2) is 0 Å². The Balaban J connectivity index is 0.00000132. The molecule has 0 fully saturated rings. The average Bonchev–Trinajstić information content (AvgIpc) is 3.25. The molecule has 3 heterocycles. The molecule has 0 amide bonds. The van der Waals surface area contributed by atoms with Crippen LogP contribution in [0.3, 0.4) is 0 Å². The second kappa shape index (κ2) is 8.57. The number of nitrogens with zero attached hydrogens (tertiary/aromatic N) is 3. The molecule has 7 heteroatoms. The minimum Gasteiger partial charge on any atom is -0.361 e. The molecule has 164 valence electrons. The van der Waals surface area contributed by atoms with Crippen molar-refractivity contribution in [3.63, 3.8) is 0 Å². The normalized spacial score (nSPS) is 12.5. The van der Waals surface area contributed by atoms with Crippen molar-refractivity contribution in [2.24, 2.45) is 0 Å². The Kier molecular flexibility index (Phi) is 6.25. The number of hydrogen-bond donors (Lipinski definition) is 0. The van der Waals surface area contributed by atoms with Crippen LogP contribution in [0.1, 0.15) is 55.1 Å². The minimum absolute atomic E-state index is 0.126. The third-order valence-corrected chi connectivity index (χ3v) is 5.34. The molecule has 0 aliphatic heterocycles. The lowest BCUT2D eigenvalue weighted by Crippen LogP contribution is -2.18. The maximum absolute atomic E-state index is 14.1. The van der Waals surface area contributed by atoms with E-state index in [0.717, 1.165) is 11.1 Å². The number of hydrogen-bond acceptors (Lipinski definition) is 3. The number of rotatable bonds is 3. The van der Waals surface area contributed by atoms with E-state index in [1.807, 2.05) is 44.2 Å². The van der Waals surface area contributed by atoms with Crippen LogP contribution in [0.4, 0.5) is 13.2 Å². The molecule has 0 saturated carbocycles. The fourth-order valence-electron chi connectivity index (χ4n) is 4.00. The molecule has 4 aromatic rings. The van der Waals surface area contributed by atoms with E-state index in [1.165, 1.54) is 11.5 Å². The predicted molar refractivity (Wildman–Crippen MR) is 116 cm³/mol. The molecule has 3 aromatic heterocycles. The molecule has 0 aliphatic carbocycles. The van der Waals surface area contributed by atoms with Gasteiger partial charge in [0.1, 0.15) is 11.5 Å². The number of aromatic nitrogens is 3. The Bertz CT molecular complexity index is 1170. The summed E-state index contributed by atoms with van der Waals surface area (Å²) >= 11 is 0. The van der Waals surface area contributed by atoms with Gasteiger partial charge in [-0.05, 0) is 39.3 Å². The molecule has 0 saturated heterocycles. The zero-order chi connectivity index (χ0) is 22.9. The maximum Gasteiger partial charge on any atom is 0.431 e. The van der Waals surface area contributed by atoms with Crippen LogP contribution in [0.5, 0.6) is 0 Å². The van der Waals surface area contributed by atoms with E-state index in [-0.39, 0.29) is 5.56 Å². The van der Waals surface area contributed by atoms with Gasteiger partial charge in [0.15, 0.2) is 0 Å². The van der Waals surface area contributed by atoms with E-state index in [4.69, 9.17) is 4.52 Å². The van der Waals surface area contributed by atoms with E-state index >= 15 is 0 Å². The fourth-order valence-corrected chi connectivity index (χ4v) is 4.00. The van der Waals surface area contributed by atoms with Gasteiger partial charge in [0.05, 0.1) is 22.8 Å². The molecule has 0 bridgehead atoms. The van der Waals surface area contributed by atoms with Gasteiger partial charge in [-0.2, -0.15) is 13.2 Å². The monoisotopic (exact) mass is 429 g/mol. The maximum atomic E-state index is 14.1. The molecule has 1 unspecified atom stereocenters. The molecule has 0 spiro atoms. The quantitative estimate of drug-likeness (QED) is 0.344. The highest BCUT2D eigenvalue weighted by molar-refractivity contribution is 5.86. The van der Waals surface area contributed by atoms with E-state index in [0.29, 0.717) is 28.1 Å². The Hall–Kier alpha value is -3.09. The topological polar surface area (TPSA) is 43.9 Å². The summed E-state index contributed by atoms with van der Waals surface area (Å²) in [7, 11) is 0. The van der Waals surface area contributed by atoms with Crippen LogP contribution in [0.2, 0.25) is 0 Å². The first kappa shape index (κ1) is 22.6. The zero-order valence-corrected chi connectivity index (χ0v) is 18.5. The first-order chi connectivity index (χ1) is 14.7. The first-order valence-corrected chi connectivity index (χ1v) is 10.3. The number of benzene rings is 1. The molecular weight excluding hydrogens is 403 g/mol. The molecular formula is C24H26F3N3O. The van der Waals surface area contributed by atoms with Crippen LogP contribution >= 0.6 is 0 Å². The Morgan fingerprint density at radius 1 is 1.03 bits per heavy atom. The number of alkyl halides is 3. The van der Waals surface area contributed by atoms with E-state index < -0.39 is 17.9 Å². The van der Waals surface area contributed by atoms with Crippen molar-refractivity contribution in [1.82, 2.24) is 14.7 Å². The lowest BCUT2D eigenvalue weighted by Gasteiger charge is -2.21. The lowest BCUT2D eigenvalue weighted by molar-refractivity contribution is -0.144. The number of fused-ring (bicyclic) bond motifs is 1. The second-order valence-corrected chi connectivity index (χ2v) is 7.22. The van der Waals surface area contributed by atoms with E-state index in [2.05, 4.69) is 10.1 Å². The number of pyridine rings is 1. The molecule has 1 aromatic carbocycles. The summed E-state index contributed by atoms with van der Waals surface area (Å²) in [5.41, 5.74) is 3.13. The van der Waals surface area contributed by atoms with Crippen LogP contribution in [0.25, 0.3) is 22.2 Å². The van der Waals surface area contributed by atoms with Crippen molar-refractivity contribution < 1.29 is 17.7 Å². The van der Waals surface area contributed by atoms with Crippen molar-refractivity contribution in [3.8, 4) is 11.1 Å². The largest absolute Gasteiger partial charge is 0.431 e. The van der Waals surface area contributed by atoms with Crippen molar-refractivity contribution in [2.75, 3.05) is 0 Å².